The minimum Gasteiger partial charge on any atom is -0.508 e. The molecule has 0 saturated carbocycles. The molecule has 0 heterocycles. The lowest BCUT2D eigenvalue weighted by atomic mass is 9.74. The molecule has 2 N–H and O–H groups in total. The van der Waals surface area contributed by atoms with Crippen LogP contribution in [0.2, 0.25) is 0 Å². The standard InChI is InChI=1S/C17H20O2/c1-11-9-15(19)10-12(2)16(11)17(3,4)13-5-7-14(18)8-6-13/h5-10,18-19H,1-4H3. The van der Waals surface area contributed by atoms with Crippen molar-refractivity contribution in [2.45, 2.75) is 33.1 Å². The van der Waals surface area contributed by atoms with Crippen LogP contribution in [0.3, 0.4) is 0 Å². The van der Waals surface area contributed by atoms with E-state index in [2.05, 4.69) is 13.8 Å². The summed E-state index contributed by atoms with van der Waals surface area (Å²) in [7, 11) is 0. The number of phenols is 2. The highest BCUT2D eigenvalue weighted by Crippen LogP contribution is 2.37. The Balaban J connectivity index is 2.59. The normalized spacial score (nSPS) is 11.6. The Morgan fingerprint density at radius 2 is 1.26 bits per heavy atom. The van der Waals surface area contributed by atoms with Crippen LogP contribution in [0.25, 0.3) is 0 Å². The maximum atomic E-state index is 9.66. The zero-order chi connectivity index (χ0) is 14.2. The van der Waals surface area contributed by atoms with E-state index >= 15 is 0 Å². The first-order valence-corrected chi connectivity index (χ1v) is 6.42. The Morgan fingerprint density at radius 1 is 0.789 bits per heavy atom. The number of hydrogen-bond donors (Lipinski definition) is 2. The summed E-state index contributed by atoms with van der Waals surface area (Å²) in [6, 6.07) is 10.9. The summed E-state index contributed by atoms with van der Waals surface area (Å²) in [4.78, 5) is 0. The summed E-state index contributed by atoms with van der Waals surface area (Å²) in [5.74, 6) is 0.582. The van der Waals surface area contributed by atoms with Crippen LogP contribution in [0.15, 0.2) is 36.4 Å². The van der Waals surface area contributed by atoms with Crippen molar-refractivity contribution in [3.8, 4) is 11.5 Å². The SMILES string of the molecule is Cc1cc(O)cc(C)c1C(C)(C)c1ccc(O)cc1. The van der Waals surface area contributed by atoms with E-state index < -0.39 is 0 Å². The third-order valence-electron chi connectivity index (χ3n) is 3.73. The Kier molecular flexibility index (Phi) is 3.27. The number of aromatic hydroxyl groups is 2. The van der Waals surface area contributed by atoms with Gasteiger partial charge in [-0.15, -0.1) is 0 Å². The van der Waals surface area contributed by atoms with Crippen LogP contribution in [-0.2, 0) is 5.41 Å². The van der Waals surface area contributed by atoms with Crippen LogP contribution >= 0.6 is 0 Å². The molecule has 0 amide bonds. The van der Waals surface area contributed by atoms with Crippen molar-refractivity contribution >= 4 is 0 Å². The van der Waals surface area contributed by atoms with E-state index in [1.165, 1.54) is 5.56 Å². The van der Waals surface area contributed by atoms with E-state index in [0.717, 1.165) is 16.7 Å². The van der Waals surface area contributed by atoms with E-state index in [1.54, 1.807) is 24.3 Å². The Morgan fingerprint density at radius 3 is 1.74 bits per heavy atom. The van der Waals surface area contributed by atoms with Gasteiger partial charge >= 0.3 is 0 Å². The molecule has 2 aromatic rings. The monoisotopic (exact) mass is 256 g/mol. The molecule has 0 radical (unpaired) electrons. The molecule has 100 valence electrons. The lowest BCUT2D eigenvalue weighted by molar-refractivity contribution is 0.473. The molecular weight excluding hydrogens is 236 g/mol. The first-order chi connectivity index (χ1) is 8.82. The molecule has 19 heavy (non-hydrogen) atoms. The Bertz CT molecular complexity index is 572. The van der Waals surface area contributed by atoms with Gasteiger partial charge in [0.15, 0.2) is 0 Å². The first-order valence-electron chi connectivity index (χ1n) is 6.42. The molecule has 2 nitrogen and oxygen atoms in total. The van der Waals surface area contributed by atoms with Gasteiger partial charge in [-0.1, -0.05) is 26.0 Å². The van der Waals surface area contributed by atoms with Crippen LogP contribution in [0.4, 0.5) is 0 Å². The molecule has 0 aromatic heterocycles. The summed E-state index contributed by atoms with van der Waals surface area (Å²) in [5.41, 5.74) is 4.35. The van der Waals surface area contributed by atoms with Crippen molar-refractivity contribution < 1.29 is 10.2 Å². The average Bonchev–Trinajstić information content (AvgIpc) is 2.27. The molecule has 2 aromatic carbocycles. The summed E-state index contributed by atoms with van der Waals surface area (Å²) in [6.07, 6.45) is 0. The number of hydrogen-bond acceptors (Lipinski definition) is 2. The van der Waals surface area contributed by atoms with Gasteiger partial charge in [0.25, 0.3) is 0 Å². The average molecular weight is 256 g/mol. The minimum absolute atomic E-state index is 0.171. The maximum absolute atomic E-state index is 9.66. The molecule has 0 aliphatic heterocycles. The van der Waals surface area contributed by atoms with Crippen LogP contribution in [-0.4, -0.2) is 10.2 Å². The number of rotatable bonds is 2. The minimum atomic E-state index is -0.171. The third kappa shape index (κ3) is 2.43. The Labute approximate surface area is 114 Å². The predicted molar refractivity (Wildman–Crippen MR) is 77.8 cm³/mol. The lowest BCUT2D eigenvalue weighted by Gasteiger charge is -2.30. The second kappa shape index (κ2) is 4.61. The molecule has 0 atom stereocenters. The molecule has 0 bridgehead atoms. The highest BCUT2D eigenvalue weighted by Gasteiger charge is 2.26. The second-order valence-electron chi connectivity index (χ2n) is 5.63. The van der Waals surface area contributed by atoms with E-state index in [1.807, 2.05) is 26.0 Å². The van der Waals surface area contributed by atoms with Crippen molar-refractivity contribution in [1.29, 1.82) is 0 Å². The molecule has 0 saturated heterocycles. The van der Waals surface area contributed by atoms with Gasteiger partial charge in [0.2, 0.25) is 0 Å². The predicted octanol–water partition coefficient (Wildman–Crippen LogP) is 4.04. The van der Waals surface area contributed by atoms with Gasteiger partial charge in [-0.05, 0) is 60.4 Å². The summed E-state index contributed by atoms with van der Waals surface area (Å²) in [5, 5.41) is 19.1. The van der Waals surface area contributed by atoms with E-state index in [9.17, 15) is 10.2 Å². The summed E-state index contributed by atoms with van der Waals surface area (Å²) >= 11 is 0. The van der Waals surface area contributed by atoms with Crippen molar-refractivity contribution in [3.05, 3.63) is 58.7 Å². The quantitative estimate of drug-likeness (QED) is 0.851. The fourth-order valence-electron chi connectivity index (χ4n) is 2.95. The van der Waals surface area contributed by atoms with Crippen LogP contribution < -0.4 is 0 Å². The van der Waals surface area contributed by atoms with Crippen molar-refractivity contribution in [3.63, 3.8) is 0 Å². The van der Waals surface area contributed by atoms with Gasteiger partial charge in [0.1, 0.15) is 11.5 Å². The molecule has 2 rings (SSSR count). The largest absolute Gasteiger partial charge is 0.508 e. The zero-order valence-electron chi connectivity index (χ0n) is 11.9. The number of benzene rings is 2. The first kappa shape index (κ1) is 13.5. The number of phenolic OH excluding ortho intramolecular Hbond substituents is 2. The Hall–Kier alpha value is -1.96. The van der Waals surface area contributed by atoms with Gasteiger partial charge in [0, 0.05) is 5.41 Å². The van der Waals surface area contributed by atoms with E-state index in [-0.39, 0.29) is 11.2 Å². The highest BCUT2D eigenvalue weighted by molar-refractivity contribution is 5.49. The van der Waals surface area contributed by atoms with E-state index in [4.69, 9.17) is 0 Å². The second-order valence-corrected chi connectivity index (χ2v) is 5.63. The summed E-state index contributed by atoms with van der Waals surface area (Å²) in [6.45, 7) is 8.35. The molecule has 0 unspecified atom stereocenters. The molecule has 0 aliphatic carbocycles. The van der Waals surface area contributed by atoms with Gasteiger partial charge in [-0.3, -0.25) is 0 Å². The van der Waals surface area contributed by atoms with Crippen molar-refractivity contribution in [2.75, 3.05) is 0 Å². The smallest absolute Gasteiger partial charge is 0.116 e. The van der Waals surface area contributed by atoms with Gasteiger partial charge in [-0.2, -0.15) is 0 Å². The highest BCUT2D eigenvalue weighted by atomic mass is 16.3. The summed E-state index contributed by atoms with van der Waals surface area (Å²) < 4.78 is 0. The van der Waals surface area contributed by atoms with Crippen molar-refractivity contribution in [2.24, 2.45) is 0 Å². The maximum Gasteiger partial charge on any atom is 0.116 e. The van der Waals surface area contributed by atoms with Crippen LogP contribution in [0, 0.1) is 13.8 Å². The lowest BCUT2D eigenvalue weighted by Crippen LogP contribution is -2.21. The van der Waals surface area contributed by atoms with Gasteiger partial charge in [-0.25, -0.2) is 0 Å². The molecule has 0 spiro atoms. The zero-order valence-corrected chi connectivity index (χ0v) is 11.9. The van der Waals surface area contributed by atoms with Crippen LogP contribution in [0.1, 0.15) is 36.1 Å². The van der Waals surface area contributed by atoms with E-state index in [0.29, 0.717) is 5.75 Å². The fourth-order valence-corrected chi connectivity index (χ4v) is 2.95. The van der Waals surface area contributed by atoms with Crippen LogP contribution in [0.5, 0.6) is 11.5 Å². The number of aryl methyl sites for hydroxylation is 2. The van der Waals surface area contributed by atoms with Gasteiger partial charge < -0.3 is 10.2 Å². The molecular formula is C17H20O2. The van der Waals surface area contributed by atoms with Crippen molar-refractivity contribution in [1.82, 2.24) is 0 Å². The topological polar surface area (TPSA) is 40.5 Å². The molecule has 0 fully saturated rings. The third-order valence-corrected chi connectivity index (χ3v) is 3.73. The molecule has 0 aliphatic rings. The fraction of sp³-hybridized carbons (Fsp3) is 0.294. The van der Waals surface area contributed by atoms with Gasteiger partial charge in [0.05, 0.1) is 0 Å². The molecule has 2 heteroatoms.